The van der Waals surface area contributed by atoms with E-state index in [1.54, 1.807) is 18.3 Å². The lowest BCUT2D eigenvalue weighted by molar-refractivity contribution is -0.111. The summed E-state index contributed by atoms with van der Waals surface area (Å²) >= 11 is 6.48. The van der Waals surface area contributed by atoms with Gasteiger partial charge >= 0.3 is 0 Å². The molecule has 3 heterocycles. The fourth-order valence-electron chi connectivity index (χ4n) is 4.20. The number of nitrogens with one attached hydrogen (secondary N) is 3. The molecule has 10 nitrogen and oxygen atoms in total. The number of carbonyl (C=O) groups excluding carboxylic acids is 1. The number of carbonyl (C=O) groups is 1. The zero-order valence-corrected chi connectivity index (χ0v) is 22.3. The van der Waals surface area contributed by atoms with E-state index in [-0.39, 0.29) is 17.4 Å². The maximum atomic E-state index is 15.1. The average molecular weight is 551 g/mol. The quantitative estimate of drug-likeness (QED) is 0.276. The number of benzene rings is 2. The summed E-state index contributed by atoms with van der Waals surface area (Å²) in [6, 6.07) is 9.91. The molecule has 0 bridgehead atoms. The summed E-state index contributed by atoms with van der Waals surface area (Å²) in [5.41, 5.74) is 3.00. The van der Waals surface area contributed by atoms with Crippen molar-refractivity contribution in [2.45, 2.75) is 0 Å². The highest BCUT2D eigenvalue weighted by Crippen LogP contribution is 2.33. The minimum atomic E-state index is -0.496. The molecule has 5 rings (SSSR count). The molecule has 202 valence electrons. The van der Waals surface area contributed by atoms with Crippen LogP contribution in [0.5, 0.6) is 0 Å². The van der Waals surface area contributed by atoms with Crippen LogP contribution in [-0.4, -0.2) is 77.9 Å². The minimum Gasteiger partial charge on any atom is -0.378 e. The molecule has 1 aliphatic rings. The molecule has 1 fully saturated rings. The van der Waals surface area contributed by atoms with E-state index >= 15 is 4.39 Å². The number of anilines is 4. The van der Waals surface area contributed by atoms with Crippen molar-refractivity contribution >= 4 is 51.6 Å². The molecule has 39 heavy (non-hydrogen) atoms. The normalized spacial score (nSPS) is 13.9. The predicted octanol–water partition coefficient (Wildman–Crippen LogP) is 4.45. The number of aromatic nitrogens is 4. The molecule has 1 aliphatic heterocycles. The number of likely N-dealkylation sites (N-methyl/N-ethyl adjacent to an activating group) is 1. The molecule has 0 atom stereocenters. The Morgan fingerprint density at radius 3 is 2.77 bits per heavy atom. The van der Waals surface area contributed by atoms with Gasteiger partial charge < -0.3 is 25.2 Å². The predicted molar refractivity (Wildman–Crippen MR) is 151 cm³/mol. The first-order valence-electron chi connectivity index (χ1n) is 12.4. The number of amides is 1. The standard InChI is InChI=1S/C27H28ClFN8O2/c1-36(2)9-3-4-24(38)31-17-6-8-22(29)19(14-17)25-20-16-30-35-26(20)34-27(33-25)32-18-5-7-21(28)23(15-18)37-10-12-39-13-11-37/h3-8,14-16H,9-13H2,1-2H3,(H,31,38)(H2,30,32,33,34,35)/b4-3+. The summed E-state index contributed by atoms with van der Waals surface area (Å²) in [6.45, 7) is 3.37. The Labute approximate surface area is 229 Å². The Morgan fingerprint density at radius 1 is 1.18 bits per heavy atom. The molecular weight excluding hydrogens is 523 g/mol. The molecule has 2 aromatic carbocycles. The molecule has 1 saturated heterocycles. The fraction of sp³-hybridized carbons (Fsp3) is 0.259. The van der Waals surface area contributed by atoms with Crippen molar-refractivity contribution in [3.8, 4) is 11.3 Å². The van der Waals surface area contributed by atoms with Gasteiger partial charge in [-0.3, -0.25) is 9.89 Å². The molecule has 12 heteroatoms. The Bertz CT molecular complexity index is 1520. The van der Waals surface area contributed by atoms with Crippen LogP contribution in [0.25, 0.3) is 22.3 Å². The molecule has 2 aromatic heterocycles. The highest BCUT2D eigenvalue weighted by molar-refractivity contribution is 6.33. The Morgan fingerprint density at radius 2 is 1.97 bits per heavy atom. The van der Waals surface area contributed by atoms with Crippen LogP contribution < -0.4 is 15.5 Å². The van der Waals surface area contributed by atoms with Crippen LogP contribution in [0.4, 0.5) is 27.4 Å². The van der Waals surface area contributed by atoms with Gasteiger partial charge in [-0.2, -0.15) is 10.1 Å². The van der Waals surface area contributed by atoms with Crippen LogP contribution in [0.3, 0.4) is 0 Å². The number of morpholine rings is 1. The Balaban J connectivity index is 1.45. The number of aromatic amines is 1. The summed E-state index contributed by atoms with van der Waals surface area (Å²) in [6.07, 6.45) is 4.74. The Hall–Kier alpha value is -4.06. The second kappa shape index (κ2) is 11.8. The number of nitrogens with zero attached hydrogens (tertiary/aromatic N) is 5. The third-order valence-corrected chi connectivity index (χ3v) is 6.41. The van der Waals surface area contributed by atoms with E-state index in [4.69, 9.17) is 16.3 Å². The van der Waals surface area contributed by atoms with Crippen LogP contribution >= 0.6 is 11.6 Å². The molecule has 0 saturated carbocycles. The maximum Gasteiger partial charge on any atom is 0.248 e. The van der Waals surface area contributed by atoms with Crippen molar-refractivity contribution < 1.29 is 13.9 Å². The number of ether oxygens (including phenoxy) is 1. The van der Waals surface area contributed by atoms with Crippen LogP contribution in [0, 0.1) is 5.82 Å². The molecule has 0 unspecified atom stereocenters. The average Bonchev–Trinajstić information content (AvgIpc) is 3.39. The lowest BCUT2D eigenvalue weighted by Crippen LogP contribution is -2.36. The van der Waals surface area contributed by atoms with Crippen LogP contribution in [0.2, 0.25) is 5.02 Å². The minimum absolute atomic E-state index is 0.201. The monoisotopic (exact) mass is 550 g/mol. The zero-order valence-electron chi connectivity index (χ0n) is 21.5. The molecule has 0 spiro atoms. The summed E-state index contributed by atoms with van der Waals surface area (Å²) in [5, 5.41) is 14.1. The van der Waals surface area contributed by atoms with Crippen molar-refractivity contribution in [1.82, 2.24) is 25.1 Å². The maximum absolute atomic E-state index is 15.1. The van der Waals surface area contributed by atoms with Gasteiger partial charge in [-0.1, -0.05) is 17.7 Å². The lowest BCUT2D eigenvalue weighted by atomic mass is 10.1. The van der Waals surface area contributed by atoms with Gasteiger partial charge in [0.1, 0.15) is 5.82 Å². The van der Waals surface area contributed by atoms with E-state index in [0.717, 1.165) is 24.5 Å². The fourth-order valence-corrected chi connectivity index (χ4v) is 4.44. The molecular formula is C27H28ClFN8O2. The topological polar surface area (TPSA) is 111 Å². The number of hydrogen-bond donors (Lipinski definition) is 3. The van der Waals surface area contributed by atoms with E-state index in [1.165, 1.54) is 18.2 Å². The first-order chi connectivity index (χ1) is 18.9. The van der Waals surface area contributed by atoms with Crippen molar-refractivity contribution in [1.29, 1.82) is 0 Å². The van der Waals surface area contributed by atoms with Gasteiger partial charge in [-0.25, -0.2) is 9.37 Å². The van der Waals surface area contributed by atoms with Gasteiger partial charge in [-0.05, 0) is 50.5 Å². The molecule has 3 N–H and O–H groups in total. The van der Waals surface area contributed by atoms with Gasteiger partial charge in [0.05, 0.1) is 41.2 Å². The van der Waals surface area contributed by atoms with Crippen molar-refractivity contribution in [2.24, 2.45) is 0 Å². The van der Waals surface area contributed by atoms with E-state index in [2.05, 4.69) is 35.7 Å². The second-order valence-electron chi connectivity index (χ2n) is 9.27. The highest BCUT2D eigenvalue weighted by Gasteiger charge is 2.18. The number of rotatable bonds is 8. The number of halogens is 2. The van der Waals surface area contributed by atoms with Gasteiger partial charge in [0.2, 0.25) is 11.9 Å². The Kier molecular flexibility index (Phi) is 8.01. The van der Waals surface area contributed by atoms with Crippen LogP contribution in [0.1, 0.15) is 0 Å². The van der Waals surface area contributed by atoms with E-state index in [9.17, 15) is 4.79 Å². The SMILES string of the molecule is CN(C)C/C=C/C(=O)Nc1ccc(F)c(-c2nc(Nc3ccc(Cl)c(N4CCOCC4)c3)nc3[nH]ncc23)c1. The zero-order chi connectivity index (χ0) is 27.4. The van der Waals surface area contributed by atoms with Gasteiger partial charge in [-0.15, -0.1) is 0 Å². The molecule has 0 aliphatic carbocycles. The summed E-state index contributed by atoms with van der Waals surface area (Å²) in [7, 11) is 3.82. The van der Waals surface area contributed by atoms with Crippen molar-refractivity contribution in [3.63, 3.8) is 0 Å². The first-order valence-corrected chi connectivity index (χ1v) is 12.8. The van der Waals surface area contributed by atoms with Crippen LogP contribution in [0.15, 0.2) is 54.7 Å². The number of hydrogen-bond acceptors (Lipinski definition) is 8. The smallest absolute Gasteiger partial charge is 0.248 e. The summed E-state index contributed by atoms with van der Waals surface area (Å²) in [4.78, 5) is 25.6. The third-order valence-electron chi connectivity index (χ3n) is 6.09. The van der Waals surface area contributed by atoms with Crippen LogP contribution in [-0.2, 0) is 9.53 Å². The third kappa shape index (κ3) is 6.33. The largest absolute Gasteiger partial charge is 0.378 e. The highest BCUT2D eigenvalue weighted by atomic mass is 35.5. The van der Waals surface area contributed by atoms with Gasteiger partial charge in [0, 0.05) is 42.6 Å². The first kappa shape index (κ1) is 26.5. The molecule has 1 amide bonds. The summed E-state index contributed by atoms with van der Waals surface area (Å²) < 4.78 is 20.6. The lowest BCUT2D eigenvalue weighted by Gasteiger charge is -2.29. The van der Waals surface area contributed by atoms with Crippen molar-refractivity contribution in [3.05, 3.63) is 65.6 Å². The summed E-state index contributed by atoms with van der Waals surface area (Å²) in [5.74, 6) is -0.562. The van der Waals surface area contributed by atoms with Gasteiger partial charge in [0.25, 0.3) is 0 Å². The number of fused-ring (bicyclic) bond motifs is 1. The van der Waals surface area contributed by atoms with E-state index in [1.807, 2.05) is 37.2 Å². The number of H-pyrrole nitrogens is 1. The van der Waals surface area contributed by atoms with E-state index in [0.29, 0.717) is 47.2 Å². The molecule has 4 aromatic rings. The van der Waals surface area contributed by atoms with Crippen molar-refractivity contribution in [2.75, 3.05) is 62.5 Å². The second-order valence-corrected chi connectivity index (χ2v) is 9.67. The van der Waals surface area contributed by atoms with E-state index < -0.39 is 5.82 Å². The van der Waals surface area contributed by atoms with Gasteiger partial charge in [0.15, 0.2) is 5.65 Å². The molecule has 0 radical (unpaired) electrons.